The first-order chi connectivity index (χ1) is 6.74. The lowest BCUT2D eigenvalue weighted by molar-refractivity contribution is -0.0102. The number of hydrogen-bond acceptors (Lipinski definition) is 5. The van der Waals surface area contributed by atoms with Gasteiger partial charge in [-0.2, -0.15) is 0 Å². The Kier molecular flexibility index (Phi) is 4.19. The van der Waals surface area contributed by atoms with Crippen LogP contribution in [0, 0.1) is 0 Å². The van der Waals surface area contributed by atoms with Crippen LogP contribution in [0.25, 0.3) is 0 Å². The lowest BCUT2D eigenvalue weighted by atomic mass is 10.2. The van der Waals surface area contributed by atoms with E-state index < -0.39 is 0 Å². The van der Waals surface area contributed by atoms with Crippen LogP contribution in [0.15, 0.2) is 11.5 Å². The zero-order valence-corrected chi connectivity index (χ0v) is 8.53. The molecule has 0 aromatic carbocycles. The summed E-state index contributed by atoms with van der Waals surface area (Å²) < 4.78 is 15.9. The first kappa shape index (κ1) is 11.3. The molecular weight excluding hydrogens is 186 g/mol. The number of methoxy groups -OCH3 is 1. The van der Waals surface area contributed by atoms with Gasteiger partial charge in [-0.15, -0.1) is 0 Å². The molecule has 0 bridgehead atoms. The topological polar surface area (TPSA) is 73.9 Å². The van der Waals surface area contributed by atoms with Crippen molar-refractivity contribution in [3.05, 3.63) is 11.5 Å². The molecule has 0 aromatic rings. The van der Waals surface area contributed by atoms with Crippen molar-refractivity contribution in [3.8, 4) is 0 Å². The molecule has 5 nitrogen and oxygen atoms in total. The number of aliphatic hydroxyl groups is 1. The smallest absolute Gasteiger partial charge is 0.168 e. The van der Waals surface area contributed by atoms with E-state index in [2.05, 4.69) is 0 Å². The monoisotopic (exact) mass is 203 g/mol. The fraction of sp³-hybridized carbons (Fsp3) is 0.778. The molecule has 3 N–H and O–H groups in total. The predicted octanol–water partition coefficient (Wildman–Crippen LogP) is -0.401. The van der Waals surface area contributed by atoms with Gasteiger partial charge in [0.25, 0.3) is 0 Å². The molecule has 1 aliphatic rings. The van der Waals surface area contributed by atoms with E-state index in [1.54, 1.807) is 0 Å². The van der Waals surface area contributed by atoms with Gasteiger partial charge in [0, 0.05) is 6.54 Å². The Morgan fingerprint density at radius 2 is 2.29 bits per heavy atom. The highest BCUT2D eigenvalue weighted by molar-refractivity contribution is 5.15. The first-order valence-corrected chi connectivity index (χ1v) is 4.60. The highest BCUT2D eigenvalue weighted by Crippen LogP contribution is 2.27. The van der Waals surface area contributed by atoms with Crippen molar-refractivity contribution < 1.29 is 19.3 Å². The average Bonchev–Trinajstić information content (AvgIpc) is 2.51. The minimum Gasteiger partial charge on any atom is -0.495 e. The van der Waals surface area contributed by atoms with Gasteiger partial charge < -0.3 is 25.1 Å². The van der Waals surface area contributed by atoms with Gasteiger partial charge >= 0.3 is 0 Å². The van der Waals surface area contributed by atoms with Crippen LogP contribution in [0.5, 0.6) is 0 Å². The summed E-state index contributed by atoms with van der Waals surface area (Å²) in [5.41, 5.74) is 5.33. The van der Waals surface area contributed by atoms with E-state index in [9.17, 15) is 0 Å². The van der Waals surface area contributed by atoms with Crippen LogP contribution >= 0.6 is 0 Å². The summed E-state index contributed by atoms with van der Waals surface area (Å²) in [5, 5.41) is 8.99. The highest BCUT2D eigenvalue weighted by atomic mass is 16.6. The second kappa shape index (κ2) is 5.19. The van der Waals surface area contributed by atoms with Crippen molar-refractivity contribution in [3.63, 3.8) is 0 Å². The maximum atomic E-state index is 8.99. The maximum Gasteiger partial charge on any atom is 0.168 e. The van der Waals surface area contributed by atoms with Gasteiger partial charge in [-0.1, -0.05) is 0 Å². The summed E-state index contributed by atoms with van der Waals surface area (Å²) in [6, 6.07) is 0. The number of nitrogens with two attached hydrogens (primary N) is 1. The summed E-state index contributed by atoms with van der Waals surface area (Å²) in [4.78, 5) is 0. The van der Waals surface area contributed by atoms with Crippen LogP contribution in [-0.2, 0) is 14.2 Å². The Morgan fingerprint density at radius 3 is 2.79 bits per heavy atom. The minimum atomic E-state index is -0.259. The summed E-state index contributed by atoms with van der Waals surface area (Å²) >= 11 is 0. The van der Waals surface area contributed by atoms with Gasteiger partial charge in [0.05, 0.1) is 13.7 Å². The highest BCUT2D eigenvalue weighted by Gasteiger charge is 2.35. The van der Waals surface area contributed by atoms with Crippen molar-refractivity contribution in [1.29, 1.82) is 0 Å². The van der Waals surface area contributed by atoms with Crippen LogP contribution in [0.1, 0.15) is 6.92 Å². The molecule has 0 fully saturated rings. The molecule has 0 saturated heterocycles. The Morgan fingerprint density at radius 1 is 1.57 bits per heavy atom. The Labute approximate surface area is 83.4 Å². The van der Waals surface area contributed by atoms with Crippen molar-refractivity contribution in [2.75, 3.05) is 26.9 Å². The van der Waals surface area contributed by atoms with E-state index in [0.717, 1.165) is 0 Å². The lowest BCUT2D eigenvalue weighted by Gasteiger charge is -2.16. The molecule has 14 heavy (non-hydrogen) atoms. The molecule has 0 saturated carbocycles. The fourth-order valence-corrected chi connectivity index (χ4v) is 1.47. The molecular formula is C9H17NO4. The quantitative estimate of drug-likeness (QED) is 0.636. The van der Waals surface area contributed by atoms with E-state index in [1.807, 2.05) is 6.92 Å². The van der Waals surface area contributed by atoms with Crippen molar-refractivity contribution in [2.45, 2.75) is 19.1 Å². The zero-order chi connectivity index (χ0) is 10.6. The first-order valence-electron chi connectivity index (χ1n) is 4.60. The van der Waals surface area contributed by atoms with E-state index in [4.69, 9.17) is 25.1 Å². The SMILES string of the molecule is COC1=C(CO)O[C@@H](C)C1OCCN. The summed E-state index contributed by atoms with van der Waals surface area (Å²) in [5.74, 6) is 1.01. The average molecular weight is 203 g/mol. The van der Waals surface area contributed by atoms with E-state index in [-0.39, 0.29) is 18.8 Å². The van der Waals surface area contributed by atoms with E-state index >= 15 is 0 Å². The standard InChI is InChI=1S/C9H17NO4/c1-6-8(13-4-3-10)9(12-2)7(5-11)14-6/h6,8,11H,3-5,10H2,1-2H3/t6-,8?/m0/s1. The second-order valence-corrected chi connectivity index (χ2v) is 3.05. The normalized spacial score (nSPS) is 26.6. The fourth-order valence-electron chi connectivity index (χ4n) is 1.47. The van der Waals surface area contributed by atoms with Crippen LogP contribution in [0.2, 0.25) is 0 Å². The van der Waals surface area contributed by atoms with Crippen LogP contribution in [-0.4, -0.2) is 44.2 Å². The van der Waals surface area contributed by atoms with E-state index in [0.29, 0.717) is 24.7 Å². The molecule has 1 aliphatic heterocycles. The van der Waals surface area contributed by atoms with Gasteiger partial charge in [-0.05, 0) is 6.92 Å². The molecule has 2 atom stereocenters. The molecule has 0 radical (unpaired) electrons. The molecule has 1 rings (SSSR count). The zero-order valence-electron chi connectivity index (χ0n) is 8.53. The second-order valence-electron chi connectivity index (χ2n) is 3.05. The van der Waals surface area contributed by atoms with E-state index in [1.165, 1.54) is 7.11 Å². The maximum absolute atomic E-state index is 8.99. The van der Waals surface area contributed by atoms with Crippen molar-refractivity contribution in [1.82, 2.24) is 0 Å². The number of hydrogen-bond donors (Lipinski definition) is 2. The lowest BCUT2D eigenvalue weighted by Crippen LogP contribution is -2.27. The van der Waals surface area contributed by atoms with Crippen LogP contribution in [0.3, 0.4) is 0 Å². The Bertz CT molecular complexity index is 217. The van der Waals surface area contributed by atoms with Crippen molar-refractivity contribution in [2.24, 2.45) is 5.73 Å². The van der Waals surface area contributed by atoms with Gasteiger partial charge in [0.1, 0.15) is 12.7 Å². The van der Waals surface area contributed by atoms with Gasteiger partial charge in [-0.25, -0.2) is 0 Å². The minimum absolute atomic E-state index is 0.140. The molecule has 1 heterocycles. The van der Waals surface area contributed by atoms with Gasteiger partial charge in [0.2, 0.25) is 0 Å². The number of aliphatic hydroxyl groups excluding tert-OH is 1. The Balaban J connectivity index is 2.66. The largest absolute Gasteiger partial charge is 0.495 e. The summed E-state index contributed by atoms with van der Waals surface area (Å²) in [7, 11) is 1.53. The summed E-state index contributed by atoms with van der Waals surface area (Å²) in [6.07, 6.45) is -0.399. The Hall–Kier alpha value is -0.780. The third kappa shape index (κ3) is 2.17. The molecule has 0 amide bonds. The summed E-state index contributed by atoms with van der Waals surface area (Å²) in [6.45, 7) is 2.59. The molecule has 0 spiro atoms. The van der Waals surface area contributed by atoms with Crippen molar-refractivity contribution >= 4 is 0 Å². The molecule has 0 aliphatic carbocycles. The third-order valence-electron chi connectivity index (χ3n) is 2.07. The van der Waals surface area contributed by atoms with Gasteiger partial charge in [-0.3, -0.25) is 0 Å². The number of ether oxygens (including phenoxy) is 3. The molecule has 5 heteroatoms. The third-order valence-corrected chi connectivity index (χ3v) is 2.07. The predicted molar refractivity (Wildman–Crippen MR) is 50.5 cm³/mol. The van der Waals surface area contributed by atoms with Crippen LogP contribution < -0.4 is 5.73 Å². The number of rotatable bonds is 5. The van der Waals surface area contributed by atoms with Gasteiger partial charge in [0.15, 0.2) is 17.6 Å². The van der Waals surface area contributed by atoms with Crippen LogP contribution in [0.4, 0.5) is 0 Å². The molecule has 0 aromatic heterocycles. The molecule has 82 valence electrons. The molecule has 1 unspecified atom stereocenters.